The van der Waals surface area contributed by atoms with Crippen molar-refractivity contribution in [2.24, 2.45) is 0 Å². The molecule has 0 saturated carbocycles. The van der Waals surface area contributed by atoms with Gasteiger partial charge >= 0.3 is 0 Å². The summed E-state index contributed by atoms with van der Waals surface area (Å²) in [7, 11) is 1.76. The van der Waals surface area contributed by atoms with Gasteiger partial charge in [0.15, 0.2) is 0 Å². The molecule has 0 fully saturated rings. The van der Waals surface area contributed by atoms with Crippen LogP contribution in [0.1, 0.15) is 5.56 Å². The van der Waals surface area contributed by atoms with Crippen molar-refractivity contribution < 1.29 is 9.18 Å². The van der Waals surface area contributed by atoms with E-state index in [1.165, 1.54) is 6.07 Å². The summed E-state index contributed by atoms with van der Waals surface area (Å²) in [5.74, 6) is 0.0671. The van der Waals surface area contributed by atoms with Gasteiger partial charge in [-0.15, -0.1) is 0 Å². The largest absolute Gasteiger partial charge is 0.373 e. The van der Waals surface area contributed by atoms with Crippen molar-refractivity contribution in [1.29, 1.82) is 0 Å². The van der Waals surface area contributed by atoms with Crippen molar-refractivity contribution in [3.05, 3.63) is 54.0 Å². The molecule has 1 aromatic carbocycles. The highest BCUT2D eigenvalue weighted by molar-refractivity contribution is 5.92. The van der Waals surface area contributed by atoms with Gasteiger partial charge in [-0.05, 0) is 23.8 Å². The van der Waals surface area contributed by atoms with Crippen molar-refractivity contribution in [3.63, 3.8) is 0 Å². The van der Waals surface area contributed by atoms with E-state index >= 15 is 0 Å². The fourth-order valence-electron chi connectivity index (χ4n) is 1.64. The Labute approximate surface area is 110 Å². The number of nitrogens with zero attached hydrogens (tertiary/aromatic N) is 1. The third kappa shape index (κ3) is 3.51. The molecule has 0 spiro atoms. The van der Waals surface area contributed by atoms with Gasteiger partial charge in [0.2, 0.25) is 5.91 Å². The van der Waals surface area contributed by atoms with Gasteiger partial charge < -0.3 is 10.6 Å². The Kier molecular flexibility index (Phi) is 4.07. The summed E-state index contributed by atoms with van der Waals surface area (Å²) in [4.78, 5) is 15.8. The lowest BCUT2D eigenvalue weighted by molar-refractivity contribution is -0.115. The summed E-state index contributed by atoms with van der Waals surface area (Å²) >= 11 is 0. The molecular weight excluding hydrogens is 245 g/mol. The van der Waals surface area contributed by atoms with E-state index in [4.69, 9.17) is 0 Å². The zero-order chi connectivity index (χ0) is 13.7. The van der Waals surface area contributed by atoms with Crippen molar-refractivity contribution in [1.82, 2.24) is 4.98 Å². The first-order valence-electron chi connectivity index (χ1n) is 5.86. The first-order valence-corrected chi connectivity index (χ1v) is 5.86. The molecule has 4 nitrogen and oxygen atoms in total. The van der Waals surface area contributed by atoms with Gasteiger partial charge in [-0.2, -0.15) is 0 Å². The number of anilines is 2. The number of amides is 1. The maximum Gasteiger partial charge on any atom is 0.228 e. The summed E-state index contributed by atoms with van der Waals surface area (Å²) < 4.78 is 13.4. The van der Waals surface area contributed by atoms with Crippen LogP contribution in [0, 0.1) is 5.82 Å². The van der Waals surface area contributed by atoms with E-state index in [0.717, 1.165) is 0 Å². The molecule has 98 valence electrons. The second-order valence-corrected chi connectivity index (χ2v) is 4.00. The molecule has 0 aliphatic carbocycles. The molecule has 0 aliphatic rings. The van der Waals surface area contributed by atoms with Gasteiger partial charge in [-0.3, -0.25) is 4.79 Å². The Balaban J connectivity index is 1.99. The van der Waals surface area contributed by atoms with Crippen LogP contribution >= 0.6 is 0 Å². The molecule has 19 heavy (non-hydrogen) atoms. The highest BCUT2D eigenvalue weighted by Crippen LogP contribution is 2.11. The molecule has 0 saturated heterocycles. The number of hydrogen-bond donors (Lipinski definition) is 2. The normalized spacial score (nSPS) is 10.0. The zero-order valence-electron chi connectivity index (χ0n) is 10.5. The average Bonchev–Trinajstić information content (AvgIpc) is 2.42. The minimum absolute atomic E-state index is 0.000449. The van der Waals surface area contributed by atoms with Gasteiger partial charge in [0, 0.05) is 7.05 Å². The van der Waals surface area contributed by atoms with Crippen molar-refractivity contribution >= 4 is 17.4 Å². The summed E-state index contributed by atoms with van der Waals surface area (Å²) in [5.41, 5.74) is 0.958. The topological polar surface area (TPSA) is 54.0 Å². The van der Waals surface area contributed by atoms with Crippen molar-refractivity contribution in [3.8, 4) is 0 Å². The first kappa shape index (κ1) is 13.0. The standard InChI is InChI=1S/C14H14FN3O/c1-16-13-7-6-11(9-17-13)18-14(19)8-10-4-2-3-5-12(10)15/h2-7,9H,8H2,1H3,(H,16,17)(H,18,19). The van der Waals surface area contributed by atoms with E-state index in [1.807, 2.05) is 0 Å². The van der Waals surface area contributed by atoms with E-state index in [9.17, 15) is 9.18 Å². The minimum Gasteiger partial charge on any atom is -0.373 e. The quantitative estimate of drug-likeness (QED) is 0.886. The van der Waals surface area contributed by atoms with E-state index in [1.54, 1.807) is 43.6 Å². The summed E-state index contributed by atoms with van der Waals surface area (Å²) in [6.45, 7) is 0. The summed E-state index contributed by atoms with van der Waals surface area (Å²) in [6.07, 6.45) is 1.55. The van der Waals surface area contributed by atoms with Crippen LogP contribution in [0.25, 0.3) is 0 Å². The fourth-order valence-corrected chi connectivity index (χ4v) is 1.64. The molecule has 2 N–H and O–H groups in total. The van der Waals surface area contributed by atoms with Crippen molar-refractivity contribution in [2.45, 2.75) is 6.42 Å². The van der Waals surface area contributed by atoms with Crippen molar-refractivity contribution in [2.75, 3.05) is 17.7 Å². The fraction of sp³-hybridized carbons (Fsp3) is 0.143. The number of aromatic nitrogens is 1. The number of pyridine rings is 1. The second kappa shape index (κ2) is 5.95. The van der Waals surface area contributed by atoms with E-state index in [-0.39, 0.29) is 18.1 Å². The maximum atomic E-state index is 13.4. The Hall–Kier alpha value is -2.43. The minimum atomic E-state index is -0.374. The van der Waals surface area contributed by atoms with Crippen LogP contribution in [0.5, 0.6) is 0 Å². The first-order chi connectivity index (χ1) is 9.19. The predicted molar refractivity (Wildman–Crippen MR) is 72.5 cm³/mol. The zero-order valence-corrected chi connectivity index (χ0v) is 10.5. The second-order valence-electron chi connectivity index (χ2n) is 4.00. The lowest BCUT2D eigenvalue weighted by Crippen LogP contribution is -2.15. The molecule has 0 radical (unpaired) electrons. The number of carbonyl (C=O) groups excluding carboxylic acids is 1. The third-order valence-corrected chi connectivity index (χ3v) is 2.61. The monoisotopic (exact) mass is 259 g/mol. The van der Waals surface area contributed by atoms with Gasteiger partial charge in [0.05, 0.1) is 18.3 Å². The number of hydrogen-bond acceptors (Lipinski definition) is 3. The molecular formula is C14H14FN3O. The predicted octanol–water partition coefficient (Wildman–Crippen LogP) is 2.44. The SMILES string of the molecule is CNc1ccc(NC(=O)Cc2ccccc2F)cn1. The lowest BCUT2D eigenvalue weighted by Gasteiger charge is -2.06. The van der Waals surface area contributed by atoms with Gasteiger partial charge in [0.1, 0.15) is 11.6 Å². The van der Waals surface area contributed by atoms with E-state index < -0.39 is 0 Å². The van der Waals surface area contributed by atoms with Gasteiger partial charge in [-0.25, -0.2) is 9.37 Å². The van der Waals surface area contributed by atoms with Crippen LogP contribution in [0.2, 0.25) is 0 Å². The number of carbonyl (C=O) groups is 1. The smallest absolute Gasteiger partial charge is 0.228 e. The molecule has 0 unspecified atom stereocenters. The summed E-state index contributed by atoms with van der Waals surface area (Å²) in [5, 5.41) is 5.55. The summed E-state index contributed by atoms with van der Waals surface area (Å²) in [6, 6.07) is 9.71. The Morgan fingerprint density at radius 1 is 1.26 bits per heavy atom. The Morgan fingerprint density at radius 2 is 2.05 bits per heavy atom. The van der Waals surface area contributed by atoms with Gasteiger partial charge in [-0.1, -0.05) is 18.2 Å². The number of benzene rings is 1. The molecule has 0 atom stereocenters. The van der Waals surface area contributed by atoms with Crippen LogP contribution in [0.3, 0.4) is 0 Å². The van der Waals surface area contributed by atoms with Crippen LogP contribution in [-0.4, -0.2) is 17.9 Å². The third-order valence-electron chi connectivity index (χ3n) is 2.61. The number of nitrogens with one attached hydrogen (secondary N) is 2. The average molecular weight is 259 g/mol. The Morgan fingerprint density at radius 3 is 2.68 bits per heavy atom. The lowest BCUT2D eigenvalue weighted by atomic mass is 10.1. The highest BCUT2D eigenvalue weighted by Gasteiger charge is 2.08. The van der Waals surface area contributed by atoms with Gasteiger partial charge in [0.25, 0.3) is 0 Å². The molecule has 2 rings (SSSR count). The van der Waals surface area contributed by atoms with E-state index in [0.29, 0.717) is 17.1 Å². The van der Waals surface area contributed by atoms with Crippen LogP contribution in [-0.2, 0) is 11.2 Å². The highest BCUT2D eigenvalue weighted by atomic mass is 19.1. The van der Waals surface area contributed by atoms with Crippen LogP contribution in [0.15, 0.2) is 42.6 Å². The number of rotatable bonds is 4. The molecule has 1 aromatic heterocycles. The molecule has 1 heterocycles. The molecule has 5 heteroatoms. The molecule has 0 bridgehead atoms. The molecule has 2 aromatic rings. The molecule has 1 amide bonds. The molecule has 0 aliphatic heterocycles. The van der Waals surface area contributed by atoms with E-state index in [2.05, 4.69) is 15.6 Å². The van der Waals surface area contributed by atoms with Crippen LogP contribution in [0.4, 0.5) is 15.9 Å². The van der Waals surface area contributed by atoms with Crippen LogP contribution < -0.4 is 10.6 Å². The maximum absolute atomic E-state index is 13.4. The number of halogens is 1. The Bertz CT molecular complexity index is 569.